The fraction of sp³-hybridized carbons (Fsp3) is 0.333. The van der Waals surface area contributed by atoms with Crippen LogP contribution in [0.5, 0.6) is 5.88 Å². The van der Waals surface area contributed by atoms with Gasteiger partial charge in [-0.3, -0.25) is 4.79 Å². The van der Waals surface area contributed by atoms with Gasteiger partial charge in [-0.2, -0.15) is 4.31 Å². The number of morpholine rings is 1. The van der Waals surface area contributed by atoms with E-state index in [1.165, 1.54) is 10.4 Å². The highest BCUT2D eigenvalue weighted by atomic mass is 32.2. The maximum atomic E-state index is 12.9. The summed E-state index contributed by atoms with van der Waals surface area (Å²) in [5.41, 5.74) is 1.01. The molecule has 8 nitrogen and oxygen atoms in total. The van der Waals surface area contributed by atoms with E-state index in [1.54, 1.807) is 43.5 Å². The van der Waals surface area contributed by atoms with Gasteiger partial charge in [-0.25, -0.2) is 13.4 Å². The third-order valence-corrected chi connectivity index (χ3v) is 6.09. The van der Waals surface area contributed by atoms with E-state index in [0.29, 0.717) is 43.4 Å². The molecule has 0 unspecified atom stereocenters. The van der Waals surface area contributed by atoms with Gasteiger partial charge in [0.15, 0.2) is 6.61 Å². The van der Waals surface area contributed by atoms with E-state index in [4.69, 9.17) is 9.47 Å². The van der Waals surface area contributed by atoms with E-state index in [2.05, 4.69) is 10.3 Å². The van der Waals surface area contributed by atoms with Gasteiger partial charge >= 0.3 is 0 Å². The summed E-state index contributed by atoms with van der Waals surface area (Å²) in [5.74, 6) is -0.0635. The zero-order chi connectivity index (χ0) is 19.3. The third-order valence-electron chi connectivity index (χ3n) is 4.05. The molecule has 0 saturated carbocycles. The lowest BCUT2D eigenvalue weighted by atomic mass is 10.2. The van der Waals surface area contributed by atoms with Gasteiger partial charge in [0.25, 0.3) is 5.91 Å². The lowest BCUT2D eigenvalue weighted by molar-refractivity contribution is -0.118. The number of carbonyl (C=O) groups excluding carboxylic acids is 1. The van der Waals surface area contributed by atoms with Gasteiger partial charge in [-0.1, -0.05) is 12.1 Å². The quantitative estimate of drug-likeness (QED) is 0.800. The Kier molecular flexibility index (Phi) is 6.04. The Morgan fingerprint density at radius 3 is 2.74 bits per heavy atom. The summed E-state index contributed by atoms with van der Waals surface area (Å²) in [6, 6.07) is 9.94. The lowest BCUT2D eigenvalue weighted by Crippen LogP contribution is -2.40. The minimum atomic E-state index is -3.65. The standard InChI is InChI=1S/C18H21N3O5S/c1-14-5-6-15(20-17(22)13-26-18-4-2-3-7-19-18)12-16(14)27(23,24)21-8-10-25-11-9-21/h2-7,12H,8-11,13H2,1H3,(H,20,22). The van der Waals surface area contributed by atoms with Crippen LogP contribution in [0.3, 0.4) is 0 Å². The van der Waals surface area contributed by atoms with Crippen molar-refractivity contribution in [3.8, 4) is 5.88 Å². The molecule has 1 aromatic heterocycles. The largest absolute Gasteiger partial charge is 0.468 e. The summed E-state index contributed by atoms with van der Waals surface area (Å²) in [6.45, 7) is 2.88. The Labute approximate surface area is 158 Å². The molecule has 9 heteroatoms. The highest BCUT2D eigenvalue weighted by Crippen LogP contribution is 2.24. The molecule has 1 aliphatic heterocycles. The summed E-state index contributed by atoms with van der Waals surface area (Å²) < 4.78 is 37.7. The van der Waals surface area contributed by atoms with Crippen molar-refractivity contribution >= 4 is 21.6 Å². The van der Waals surface area contributed by atoms with Crippen LogP contribution in [0.4, 0.5) is 5.69 Å². The van der Waals surface area contributed by atoms with Crippen LogP contribution in [-0.4, -0.2) is 56.5 Å². The number of hydrogen-bond acceptors (Lipinski definition) is 6. The van der Waals surface area contributed by atoms with Crippen LogP contribution in [0.15, 0.2) is 47.5 Å². The predicted molar refractivity (Wildman–Crippen MR) is 99.1 cm³/mol. The third kappa shape index (κ3) is 4.82. The molecule has 144 valence electrons. The molecular weight excluding hydrogens is 370 g/mol. The molecule has 0 atom stereocenters. The normalized spacial score (nSPS) is 15.3. The van der Waals surface area contributed by atoms with E-state index in [1.807, 2.05) is 0 Å². The Morgan fingerprint density at radius 2 is 2.04 bits per heavy atom. The molecule has 2 heterocycles. The number of sulfonamides is 1. The second-order valence-electron chi connectivity index (χ2n) is 6.00. The number of nitrogens with zero attached hydrogens (tertiary/aromatic N) is 2. The van der Waals surface area contributed by atoms with Crippen LogP contribution in [0, 0.1) is 6.92 Å². The SMILES string of the molecule is Cc1ccc(NC(=O)COc2ccccn2)cc1S(=O)(=O)N1CCOCC1. The zero-order valence-electron chi connectivity index (χ0n) is 14.9. The predicted octanol–water partition coefficient (Wildman–Crippen LogP) is 1.43. The van der Waals surface area contributed by atoms with E-state index in [0.717, 1.165) is 0 Å². The van der Waals surface area contributed by atoms with Crippen molar-refractivity contribution < 1.29 is 22.7 Å². The Hall–Kier alpha value is -2.49. The molecule has 1 aromatic carbocycles. The summed E-state index contributed by atoms with van der Waals surface area (Å²) in [4.78, 5) is 16.2. The van der Waals surface area contributed by atoms with Gasteiger partial charge < -0.3 is 14.8 Å². The number of amides is 1. The molecule has 1 fully saturated rings. The van der Waals surface area contributed by atoms with Crippen LogP contribution < -0.4 is 10.1 Å². The van der Waals surface area contributed by atoms with Gasteiger partial charge in [0.1, 0.15) is 0 Å². The number of pyridine rings is 1. The fourth-order valence-corrected chi connectivity index (χ4v) is 4.31. The van der Waals surface area contributed by atoms with Crippen molar-refractivity contribution in [3.63, 3.8) is 0 Å². The summed E-state index contributed by atoms with van der Waals surface area (Å²) in [6.07, 6.45) is 1.57. The molecular formula is C18H21N3O5S. The number of hydrogen-bond donors (Lipinski definition) is 1. The molecule has 1 aliphatic rings. The summed E-state index contributed by atoms with van der Waals surface area (Å²) in [5, 5.41) is 2.66. The average Bonchev–Trinajstić information content (AvgIpc) is 2.69. The van der Waals surface area contributed by atoms with Crippen molar-refractivity contribution in [1.82, 2.24) is 9.29 Å². The van der Waals surface area contributed by atoms with Crippen molar-refractivity contribution in [2.75, 3.05) is 38.2 Å². The van der Waals surface area contributed by atoms with Gasteiger partial charge in [0.05, 0.1) is 18.1 Å². The van der Waals surface area contributed by atoms with Crippen molar-refractivity contribution in [2.24, 2.45) is 0 Å². The molecule has 1 saturated heterocycles. The maximum Gasteiger partial charge on any atom is 0.262 e. The Bertz CT molecular complexity index is 896. The Balaban J connectivity index is 1.70. The first-order chi connectivity index (χ1) is 13.0. The number of carbonyl (C=O) groups is 1. The molecule has 0 spiro atoms. The highest BCUT2D eigenvalue weighted by Gasteiger charge is 2.28. The molecule has 0 bridgehead atoms. The van der Waals surface area contributed by atoms with Gasteiger partial charge in [0.2, 0.25) is 15.9 Å². The molecule has 27 heavy (non-hydrogen) atoms. The summed E-state index contributed by atoms with van der Waals surface area (Å²) >= 11 is 0. The first-order valence-corrected chi connectivity index (χ1v) is 9.93. The zero-order valence-corrected chi connectivity index (χ0v) is 15.7. The number of nitrogens with one attached hydrogen (secondary N) is 1. The van der Waals surface area contributed by atoms with Crippen LogP contribution in [0.25, 0.3) is 0 Å². The van der Waals surface area contributed by atoms with Gasteiger partial charge in [0, 0.05) is 31.0 Å². The van der Waals surface area contributed by atoms with Gasteiger partial charge in [-0.05, 0) is 30.7 Å². The van der Waals surface area contributed by atoms with E-state index >= 15 is 0 Å². The molecule has 1 amide bonds. The molecule has 1 N–H and O–H groups in total. The minimum Gasteiger partial charge on any atom is -0.468 e. The Morgan fingerprint density at radius 1 is 1.26 bits per heavy atom. The number of ether oxygens (including phenoxy) is 2. The van der Waals surface area contributed by atoms with Crippen LogP contribution in [0.1, 0.15) is 5.56 Å². The van der Waals surface area contributed by atoms with Crippen molar-refractivity contribution in [1.29, 1.82) is 0 Å². The van der Waals surface area contributed by atoms with E-state index in [9.17, 15) is 13.2 Å². The molecule has 3 rings (SSSR count). The molecule has 2 aromatic rings. The molecule has 0 radical (unpaired) electrons. The summed E-state index contributed by atoms with van der Waals surface area (Å²) in [7, 11) is -3.65. The van der Waals surface area contributed by atoms with Gasteiger partial charge in [-0.15, -0.1) is 0 Å². The maximum absolute atomic E-state index is 12.9. The second kappa shape index (κ2) is 8.47. The second-order valence-corrected chi connectivity index (χ2v) is 7.91. The van der Waals surface area contributed by atoms with Crippen molar-refractivity contribution in [3.05, 3.63) is 48.2 Å². The average molecular weight is 391 g/mol. The van der Waals surface area contributed by atoms with E-state index in [-0.39, 0.29) is 11.5 Å². The fourth-order valence-electron chi connectivity index (χ4n) is 2.65. The van der Waals surface area contributed by atoms with E-state index < -0.39 is 15.9 Å². The van der Waals surface area contributed by atoms with Crippen LogP contribution in [0.2, 0.25) is 0 Å². The number of anilines is 1. The van der Waals surface area contributed by atoms with Crippen LogP contribution >= 0.6 is 0 Å². The smallest absolute Gasteiger partial charge is 0.262 e. The number of aromatic nitrogens is 1. The first-order valence-electron chi connectivity index (χ1n) is 8.49. The number of aryl methyl sites for hydroxylation is 1. The lowest BCUT2D eigenvalue weighted by Gasteiger charge is -2.26. The first kappa shape index (κ1) is 19.3. The number of rotatable bonds is 6. The molecule has 0 aliphatic carbocycles. The highest BCUT2D eigenvalue weighted by molar-refractivity contribution is 7.89. The van der Waals surface area contributed by atoms with Crippen LogP contribution in [-0.2, 0) is 19.6 Å². The monoisotopic (exact) mass is 391 g/mol. The topological polar surface area (TPSA) is 97.8 Å². The van der Waals surface area contributed by atoms with Crippen molar-refractivity contribution in [2.45, 2.75) is 11.8 Å². The number of benzene rings is 1. The minimum absolute atomic E-state index is 0.174.